The van der Waals surface area contributed by atoms with E-state index in [1.165, 1.54) is 17.8 Å². The summed E-state index contributed by atoms with van der Waals surface area (Å²) in [6.07, 6.45) is 0. The number of anilines is 1. The van der Waals surface area contributed by atoms with Crippen LogP contribution in [-0.2, 0) is 14.9 Å². The van der Waals surface area contributed by atoms with E-state index in [0.717, 1.165) is 31.9 Å². The summed E-state index contributed by atoms with van der Waals surface area (Å²) in [5, 5.41) is 3.06. The van der Waals surface area contributed by atoms with Crippen molar-refractivity contribution in [1.29, 1.82) is 0 Å². The molecule has 1 heterocycles. The zero-order chi connectivity index (χ0) is 19.4. The Bertz CT molecular complexity index is 783. The van der Waals surface area contributed by atoms with Gasteiger partial charge in [0, 0.05) is 18.8 Å². The molecule has 0 radical (unpaired) electrons. The van der Waals surface area contributed by atoms with E-state index in [1.54, 1.807) is 12.1 Å². The number of morpholine rings is 1. The fourth-order valence-corrected chi connectivity index (χ4v) is 3.26. The summed E-state index contributed by atoms with van der Waals surface area (Å²) >= 11 is 0. The van der Waals surface area contributed by atoms with Gasteiger partial charge in [0.2, 0.25) is 5.91 Å². The molecule has 0 bridgehead atoms. The Morgan fingerprint density at radius 3 is 2.44 bits per heavy atom. The highest BCUT2D eigenvalue weighted by molar-refractivity contribution is 5.87. The van der Waals surface area contributed by atoms with E-state index in [2.05, 4.69) is 22.3 Å². The third-order valence-electron chi connectivity index (χ3n) is 5.23. The Hall–Kier alpha value is -2.40. The molecule has 2 aromatic carbocycles. The molecule has 0 aliphatic carbocycles. The molecule has 27 heavy (non-hydrogen) atoms. The Kier molecular flexibility index (Phi) is 5.80. The minimum atomic E-state index is -0.815. The lowest BCUT2D eigenvalue weighted by Gasteiger charge is -2.29. The van der Waals surface area contributed by atoms with Gasteiger partial charge in [-0.2, -0.15) is 0 Å². The van der Waals surface area contributed by atoms with Crippen LogP contribution in [0.3, 0.4) is 0 Å². The van der Waals surface area contributed by atoms with E-state index in [1.807, 2.05) is 32.9 Å². The quantitative estimate of drug-likeness (QED) is 0.870. The van der Waals surface area contributed by atoms with Crippen LogP contribution in [0.2, 0.25) is 0 Å². The predicted molar refractivity (Wildman–Crippen MR) is 105 cm³/mol. The van der Waals surface area contributed by atoms with Crippen LogP contribution in [0, 0.1) is 5.82 Å². The summed E-state index contributed by atoms with van der Waals surface area (Å²) in [4.78, 5) is 15.1. The van der Waals surface area contributed by atoms with Crippen molar-refractivity contribution in [3.05, 3.63) is 65.5 Å². The van der Waals surface area contributed by atoms with Crippen molar-refractivity contribution in [2.24, 2.45) is 0 Å². The van der Waals surface area contributed by atoms with Crippen molar-refractivity contribution in [3.8, 4) is 0 Å². The van der Waals surface area contributed by atoms with Crippen molar-refractivity contribution in [3.63, 3.8) is 0 Å². The first-order valence-electron chi connectivity index (χ1n) is 9.37. The minimum absolute atomic E-state index is 0.127. The van der Waals surface area contributed by atoms with Gasteiger partial charge in [-0.15, -0.1) is 0 Å². The summed E-state index contributed by atoms with van der Waals surface area (Å²) in [5.41, 5.74) is 2.05. The maximum Gasteiger partial charge on any atom is 0.230 e. The minimum Gasteiger partial charge on any atom is -0.378 e. The zero-order valence-electron chi connectivity index (χ0n) is 16.2. The van der Waals surface area contributed by atoms with E-state index < -0.39 is 5.41 Å². The number of carbonyl (C=O) groups is 1. The van der Waals surface area contributed by atoms with Crippen LogP contribution in [0.15, 0.2) is 48.5 Å². The molecule has 1 aliphatic rings. The van der Waals surface area contributed by atoms with Crippen LogP contribution in [0.5, 0.6) is 0 Å². The maximum atomic E-state index is 13.5. The van der Waals surface area contributed by atoms with Crippen LogP contribution in [-0.4, -0.2) is 32.2 Å². The molecule has 144 valence electrons. The average Bonchev–Trinajstić information content (AvgIpc) is 2.68. The molecule has 3 rings (SSSR count). The van der Waals surface area contributed by atoms with Crippen LogP contribution in [0.25, 0.3) is 0 Å². The van der Waals surface area contributed by atoms with Gasteiger partial charge in [-0.25, -0.2) is 4.39 Å². The highest BCUT2D eigenvalue weighted by atomic mass is 19.1. The molecule has 5 heteroatoms. The lowest BCUT2D eigenvalue weighted by molar-refractivity contribution is -0.126. The second-order valence-corrected chi connectivity index (χ2v) is 7.52. The first-order valence-corrected chi connectivity index (χ1v) is 9.37. The molecule has 1 atom stereocenters. The summed E-state index contributed by atoms with van der Waals surface area (Å²) in [6.45, 7) is 8.88. The van der Waals surface area contributed by atoms with Crippen LogP contribution in [0.4, 0.5) is 10.1 Å². The maximum absolute atomic E-state index is 13.5. The van der Waals surface area contributed by atoms with Gasteiger partial charge in [-0.1, -0.05) is 24.3 Å². The molecule has 4 nitrogen and oxygen atoms in total. The number of hydrogen-bond acceptors (Lipinski definition) is 3. The monoisotopic (exact) mass is 370 g/mol. The van der Waals surface area contributed by atoms with Gasteiger partial charge in [0.15, 0.2) is 0 Å². The predicted octanol–water partition coefficient (Wildman–Crippen LogP) is 3.82. The molecule has 1 fully saturated rings. The number of benzene rings is 2. The van der Waals surface area contributed by atoms with Gasteiger partial charge in [-0.3, -0.25) is 4.79 Å². The fraction of sp³-hybridized carbons (Fsp3) is 0.409. The molecule has 0 aromatic heterocycles. The van der Waals surface area contributed by atoms with Gasteiger partial charge in [0.25, 0.3) is 0 Å². The molecule has 1 unspecified atom stereocenters. The third-order valence-corrected chi connectivity index (χ3v) is 5.23. The lowest BCUT2D eigenvalue weighted by atomic mass is 9.83. The number of nitrogens with zero attached hydrogens (tertiary/aromatic N) is 1. The number of hydrogen-bond donors (Lipinski definition) is 1. The molecule has 1 N–H and O–H groups in total. The van der Waals surface area contributed by atoms with E-state index in [0.29, 0.717) is 5.56 Å². The lowest BCUT2D eigenvalue weighted by Crippen LogP contribution is -2.41. The number of carbonyl (C=O) groups excluding carboxylic acids is 1. The molecular formula is C22H27FN2O2. The Morgan fingerprint density at radius 2 is 1.81 bits per heavy atom. The zero-order valence-corrected chi connectivity index (χ0v) is 16.2. The second-order valence-electron chi connectivity index (χ2n) is 7.52. The van der Waals surface area contributed by atoms with Gasteiger partial charge in [0.05, 0.1) is 24.7 Å². The van der Waals surface area contributed by atoms with Crippen molar-refractivity contribution in [2.45, 2.75) is 32.2 Å². The van der Waals surface area contributed by atoms with Crippen molar-refractivity contribution < 1.29 is 13.9 Å². The number of halogens is 1. The Labute approximate surface area is 160 Å². The van der Waals surface area contributed by atoms with Crippen molar-refractivity contribution >= 4 is 11.6 Å². The highest BCUT2D eigenvalue weighted by Crippen LogP contribution is 2.26. The fourth-order valence-electron chi connectivity index (χ4n) is 3.26. The second kappa shape index (κ2) is 8.09. The third kappa shape index (κ3) is 4.48. The summed E-state index contributed by atoms with van der Waals surface area (Å²) < 4.78 is 18.9. The van der Waals surface area contributed by atoms with Crippen LogP contribution in [0.1, 0.15) is 37.9 Å². The number of amides is 1. The topological polar surface area (TPSA) is 41.6 Å². The van der Waals surface area contributed by atoms with Crippen LogP contribution >= 0.6 is 0 Å². The van der Waals surface area contributed by atoms with Gasteiger partial charge in [-0.05, 0) is 56.2 Å². The highest BCUT2D eigenvalue weighted by Gasteiger charge is 2.31. The number of ether oxygens (including phenoxy) is 1. The molecular weight excluding hydrogens is 343 g/mol. The first-order chi connectivity index (χ1) is 12.9. The van der Waals surface area contributed by atoms with Crippen molar-refractivity contribution in [2.75, 3.05) is 31.2 Å². The molecule has 0 spiro atoms. The van der Waals surface area contributed by atoms with E-state index in [4.69, 9.17) is 4.74 Å². The number of nitrogens with one attached hydrogen (secondary N) is 1. The normalized spacial score (nSPS) is 16.1. The van der Waals surface area contributed by atoms with Gasteiger partial charge in [0.1, 0.15) is 5.82 Å². The Morgan fingerprint density at radius 1 is 1.15 bits per heavy atom. The summed E-state index contributed by atoms with van der Waals surface area (Å²) in [6, 6.07) is 14.3. The molecule has 0 saturated carbocycles. The first kappa shape index (κ1) is 19.4. The molecule has 2 aromatic rings. The summed E-state index contributed by atoms with van der Waals surface area (Å²) in [5.74, 6) is -0.460. The smallest absolute Gasteiger partial charge is 0.230 e. The largest absolute Gasteiger partial charge is 0.378 e. The SMILES string of the molecule is CC(NC(=O)C(C)(C)c1cccc(F)c1)c1ccc(N2CCOCC2)cc1. The molecule has 1 aliphatic heterocycles. The molecule has 1 saturated heterocycles. The van der Waals surface area contributed by atoms with Gasteiger partial charge >= 0.3 is 0 Å². The van der Waals surface area contributed by atoms with Crippen LogP contribution < -0.4 is 10.2 Å². The number of rotatable bonds is 5. The average molecular weight is 370 g/mol. The molecule has 1 amide bonds. The Balaban J connectivity index is 1.67. The van der Waals surface area contributed by atoms with E-state index in [-0.39, 0.29) is 17.8 Å². The van der Waals surface area contributed by atoms with E-state index in [9.17, 15) is 9.18 Å². The van der Waals surface area contributed by atoms with Crippen molar-refractivity contribution in [1.82, 2.24) is 5.32 Å². The summed E-state index contributed by atoms with van der Waals surface area (Å²) in [7, 11) is 0. The van der Waals surface area contributed by atoms with E-state index >= 15 is 0 Å². The standard InChI is InChI=1S/C22H27FN2O2/c1-16(17-7-9-20(10-8-17)25-11-13-27-14-12-25)24-21(26)22(2,3)18-5-4-6-19(23)15-18/h4-10,15-16H,11-14H2,1-3H3,(H,24,26). The van der Waals surface area contributed by atoms with Gasteiger partial charge < -0.3 is 15.0 Å².